The van der Waals surface area contributed by atoms with Crippen LogP contribution in [0.3, 0.4) is 0 Å². The fraction of sp³-hybridized carbons (Fsp3) is 0.364. The third-order valence-corrected chi connectivity index (χ3v) is 4.36. The number of hydrogen-bond donors (Lipinski definition) is 1. The van der Waals surface area contributed by atoms with Gasteiger partial charge in [0.25, 0.3) is 5.91 Å². The molecule has 0 spiro atoms. The second kappa shape index (κ2) is 12.9. The Morgan fingerprint density at radius 2 is 1.73 bits per heavy atom. The third-order valence-electron chi connectivity index (χ3n) is 4.36. The van der Waals surface area contributed by atoms with E-state index in [0.29, 0.717) is 12.3 Å². The predicted molar refractivity (Wildman–Crippen MR) is 131 cm³/mol. The van der Waals surface area contributed by atoms with E-state index in [2.05, 4.69) is 15.2 Å². The molecule has 1 amide bonds. The number of carbonyl (C=O) groups is 1. The van der Waals surface area contributed by atoms with Gasteiger partial charge in [-0.05, 0) is 35.4 Å². The average Bonchev–Trinajstić information content (AvgIpc) is 2.73. The van der Waals surface area contributed by atoms with Gasteiger partial charge in [0.05, 0.1) is 7.11 Å². The minimum atomic E-state index is -0.0749. The van der Waals surface area contributed by atoms with Gasteiger partial charge in [-0.3, -0.25) is 9.79 Å². The van der Waals surface area contributed by atoms with Gasteiger partial charge >= 0.3 is 0 Å². The SMILES string of the molecule is CN=C(NCc1cccc(OCC(=O)N(C)C)c1)N(C)Cc1ccc(OC)cc1.I. The van der Waals surface area contributed by atoms with E-state index in [4.69, 9.17) is 9.47 Å². The Balaban J connectivity index is 0.00000450. The van der Waals surface area contributed by atoms with Crippen LogP contribution in [0.5, 0.6) is 11.5 Å². The molecule has 0 radical (unpaired) electrons. The van der Waals surface area contributed by atoms with Crippen LogP contribution in [0.25, 0.3) is 0 Å². The van der Waals surface area contributed by atoms with E-state index in [9.17, 15) is 4.79 Å². The van der Waals surface area contributed by atoms with Gasteiger partial charge in [-0.1, -0.05) is 24.3 Å². The number of benzene rings is 2. The highest BCUT2D eigenvalue weighted by molar-refractivity contribution is 14.0. The molecule has 0 fully saturated rings. The molecule has 8 heteroatoms. The summed E-state index contributed by atoms with van der Waals surface area (Å²) in [6.45, 7) is 1.34. The minimum Gasteiger partial charge on any atom is -0.497 e. The maximum atomic E-state index is 11.7. The van der Waals surface area contributed by atoms with Crippen LogP contribution in [-0.2, 0) is 17.9 Å². The largest absolute Gasteiger partial charge is 0.497 e. The van der Waals surface area contributed by atoms with Gasteiger partial charge in [-0.25, -0.2) is 0 Å². The van der Waals surface area contributed by atoms with Gasteiger partial charge in [0.15, 0.2) is 12.6 Å². The van der Waals surface area contributed by atoms with Crippen LogP contribution < -0.4 is 14.8 Å². The molecule has 30 heavy (non-hydrogen) atoms. The molecule has 0 aliphatic carbocycles. The van der Waals surface area contributed by atoms with Crippen molar-refractivity contribution < 1.29 is 14.3 Å². The van der Waals surface area contributed by atoms with Crippen molar-refractivity contribution in [3.05, 3.63) is 59.7 Å². The third kappa shape index (κ3) is 8.10. The highest BCUT2D eigenvalue weighted by Crippen LogP contribution is 2.14. The van der Waals surface area contributed by atoms with E-state index >= 15 is 0 Å². The molecule has 0 atom stereocenters. The quantitative estimate of drug-likeness (QED) is 0.326. The molecule has 2 aromatic rings. The lowest BCUT2D eigenvalue weighted by Crippen LogP contribution is -2.38. The van der Waals surface area contributed by atoms with E-state index in [0.717, 1.165) is 29.4 Å². The molecule has 1 N–H and O–H groups in total. The monoisotopic (exact) mass is 526 g/mol. The second-order valence-electron chi connectivity index (χ2n) is 6.83. The Labute approximate surface area is 196 Å². The number of hydrogen-bond acceptors (Lipinski definition) is 4. The summed E-state index contributed by atoms with van der Waals surface area (Å²) in [5.41, 5.74) is 2.20. The second-order valence-corrected chi connectivity index (χ2v) is 6.83. The molecule has 0 aliphatic rings. The summed E-state index contributed by atoms with van der Waals surface area (Å²) >= 11 is 0. The number of nitrogens with one attached hydrogen (secondary N) is 1. The van der Waals surface area contributed by atoms with Gasteiger partial charge in [0.1, 0.15) is 11.5 Å². The molecule has 0 aliphatic heterocycles. The molecule has 2 rings (SSSR count). The molecule has 0 heterocycles. The van der Waals surface area contributed by atoms with Crippen LogP contribution in [0.4, 0.5) is 0 Å². The van der Waals surface area contributed by atoms with Crippen LogP contribution in [0, 0.1) is 0 Å². The number of guanidine groups is 1. The number of nitrogens with zero attached hydrogens (tertiary/aromatic N) is 3. The molecule has 2 aromatic carbocycles. The fourth-order valence-electron chi connectivity index (χ4n) is 2.66. The standard InChI is InChI=1S/C22H30N4O3.HI/c1-23-22(26(4)15-17-9-11-19(28-5)12-10-17)24-14-18-7-6-8-20(13-18)29-16-21(27)25(2)3;/h6-13H,14-16H2,1-5H3,(H,23,24);1H. The van der Waals surface area contributed by atoms with Crippen molar-refractivity contribution in [3.8, 4) is 11.5 Å². The number of rotatable bonds is 8. The van der Waals surface area contributed by atoms with Crippen molar-refractivity contribution in [3.63, 3.8) is 0 Å². The van der Waals surface area contributed by atoms with Crippen molar-refractivity contribution in [1.29, 1.82) is 0 Å². The molecular formula is C22H31IN4O3. The van der Waals surface area contributed by atoms with Crippen LogP contribution in [-0.4, -0.2) is 63.6 Å². The smallest absolute Gasteiger partial charge is 0.259 e. The predicted octanol–water partition coefficient (Wildman–Crippen LogP) is 2.99. The molecule has 164 valence electrons. The zero-order chi connectivity index (χ0) is 21.2. The lowest BCUT2D eigenvalue weighted by atomic mass is 10.2. The number of methoxy groups -OCH3 is 1. The topological polar surface area (TPSA) is 66.4 Å². The lowest BCUT2D eigenvalue weighted by Gasteiger charge is -2.22. The molecule has 0 bridgehead atoms. The number of likely N-dealkylation sites (N-methyl/N-ethyl adjacent to an activating group) is 1. The van der Waals surface area contributed by atoms with Crippen molar-refractivity contribution in [2.24, 2.45) is 4.99 Å². The summed E-state index contributed by atoms with van der Waals surface area (Å²) in [6.07, 6.45) is 0. The van der Waals surface area contributed by atoms with Crippen molar-refractivity contribution >= 4 is 35.8 Å². The summed E-state index contributed by atoms with van der Waals surface area (Å²) in [5.74, 6) is 2.22. The summed E-state index contributed by atoms with van der Waals surface area (Å²) in [7, 11) is 8.83. The zero-order valence-corrected chi connectivity index (χ0v) is 20.5. The molecule has 0 aromatic heterocycles. The fourth-order valence-corrected chi connectivity index (χ4v) is 2.66. The first kappa shape index (κ1) is 25.5. The first-order valence-corrected chi connectivity index (χ1v) is 9.39. The maximum Gasteiger partial charge on any atom is 0.259 e. The van der Waals surface area contributed by atoms with Crippen LogP contribution in [0.2, 0.25) is 0 Å². The Morgan fingerprint density at radius 1 is 1.03 bits per heavy atom. The van der Waals surface area contributed by atoms with E-state index in [1.54, 1.807) is 28.3 Å². The summed E-state index contributed by atoms with van der Waals surface area (Å²) in [4.78, 5) is 19.6. The van der Waals surface area contributed by atoms with Gasteiger partial charge < -0.3 is 24.6 Å². The highest BCUT2D eigenvalue weighted by Gasteiger charge is 2.08. The summed E-state index contributed by atoms with van der Waals surface area (Å²) < 4.78 is 10.8. The van der Waals surface area contributed by atoms with Gasteiger partial charge in [0, 0.05) is 41.3 Å². The lowest BCUT2D eigenvalue weighted by molar-refractivity contribution is -0.130. The van der Waals surface area contributed by atoms with Gasteiger partial charge in [-0.2, -0.15) is 0 Å². The minimum absolute atomic E-state index is 0. The van der Waals surface area contributed by atoms with Crippen LogP contribution in [0.1, 0.15) is 11.1 Å². The maximum absolute atomic E-state index is 11.7. The van der Waals surface area contributed by atoms with E-state index in [1.165, 1.54) is 4.90 Å². The normalized spacial score (nSPS) is 10.6. The first-order chi connectivity index (χ1) is 13.9. The Morgan fingerprint density at radius 3 is 2.33 bits per heavy atom. The number of halogens is 1. The zero-order valence-electron chi connectivity index (χ0n) is 18.2. The number of amides is 1. The van der Waals surface area contributed by atoms with Crippen molar-refractivity contribution in [1.82, 2.24) is 15.1 Å². The number of carbonyl (C=O) groups excluding carboxylic acids is 1. The average molecular weight is 526 g/mol. The van der Waals surface area contributed by atoms with Gasteiger partial charge in [0.2, 0.25) is 0 Å². The first-order valence-electron chi connectivity index (χ1n) is 9.39. The van der Waals surface area contributed by atoms with Crippen LogP contribution >= 0.6 is 24.0 Å². The van der Waals surface area contributed by atoms with E-state index < -0.39 is 0 Å². The number of aliphatic imine (C=N–C) groups is 1. The van der Waals surface area contributed by atoms with E-state index in [1.807, 2.05) is 55.6 Å². The summed E-state index contributed by atoms with van der Waals surface area (Å²) in [5, 5.41) is 3.36. The van der Waals surface area contributed by atoms with Crippen LogP contribution in [0.15, 0.2) is 53.5 Å². The molecule has 7 nitrogen and oxygen atoms in total. The molecule has 0 unspecified atom stereocenters. The Bertz CT molecular complexity index is 825. The summed E-state index contributed by atoms with van der Waals surface area (Å²) in [6, 6.07) is 15.7. The number of ether oxygens (including phenoxy) is 2. The van der Waals surface area contributed by atoms with Crippen molar-refractivity contribution in [2.45, 2.75) is 13.1 Å². The molecule has 0 saturated heterocycles. The molecular weight excluding hydrogens is 495 g/mol. The Kier molecular flexibility index (Phi) is 11.0. The highest BCUT2D eigenvalue weighted by atomic mass is 127. The van der Waals surface area contributed by atoms with E-state index in [-0.39, 0.29) is 36.5 Å². The van der Waals surface area contributed by atoms with Gasteiger partial charge in [-0.15, -0.1) is 24.0 Å². The molecule has 0 saturated carbocycles. The Hall–Kier alpha value is -2.49. The van der Waals surface area contributed by atoms with Crippen molar-refractivity contribution in [2.75, 3.05) is 41.9 Å².